The largest absolute Gasteiger partial charge is 0.396 e. The van der Waals surface area contributed by atoms with Crippen molar-refractivity contribution in [2.24, 2.45) is 0 Å². The van der Waals surface area contributed by atoms with Gasteiger partial charge in [-0.3, -0.25) is 24.8 Å². The Hall–Kier alpha value is -2.22. The van der Waals surface area contributed by atoms with Gasteiger partial charge in [-0.15, -0.1) is 0 Å². The predicted octanol–water partition coefficient (Wildman–Crippen LogP) is 0.301. The molecule has 21 heavy (non-hydrogen) atoms. The zero-order valence-corrected chi connectivity index (χ0v) is 12.2. The van der Waals surface area contributed by atoms with Crippen LogP contribution in [0.2, 0.25) is 0 Å². The van der Waals surface area contributed by atoms with Gasteiger partial charge < -0.3 is 5.11 Å². The molecule has 0 spiro atoms. The van der Waals surface area contributed by atoms with Crippen LogP contribution in [0.4, 0.5) is 10.6 Å². The van der Waals surface area contributed by atoms with Crippen LogP contribution >= 0.6 is 0 Å². The number of carbonyl (C=O) groups excluding carboxylic acids is 2. The number of hydrogen-bond donors (Lipinski definition) is 3. The van der Waals surface area contributed by atoms with Gasteiger partial charge in [-0.25, -0.2) is 9.78 Å². The molecule has 8 nitrogen and oxygen atoms in total. The second kappa shape index (κ2) is 8.15. The second-order valence-corrected chi connectivity index (χ2v) is 4.59. The van der Waals surface area contributed by atoms with Gasteiger partial charge in [0.25, 0.3) is 5.56 Å². The molecule has 0 atom stereocenters. The Kier molecular flexibility index (Phi) is 6.54. The molecule has 1 heterocycles. The van der Waals surface area contributed by atoms with Crippen molar-refractivity contribution in [1.29, 1.82) is 0 Å². The van der Waals surface area contributed by atoms with Crippen molar-refractivity contribution in [2.45, 2.75) is 39.7 Å². The summed E-state index contributed by atoms with van der Waals surface area (Å²) in [5.74, 6) is 0.272. The van der Waals surface area contributed by atoms with Crippen LogP contribution in [0.3, 0.4) is 0 Å². The Morgan fingerprint density at radius 1 is 1.29 bits per heavy atom. The third kappa shape index (κ3) is 4.67. The van der Waals surface area contributed by atoms with Crippen LogP contribution in [0, 0.1) is 13.8 Å². The van der Waals surface area contributed by atoms with E-state index in [-0.39, 0.29) is 24.4 Å². The van der Waals surface area contributed by atoms with Crippen LogP contribution in [0.1, 0.15) is 30.7 Å². The Bertz CT molecular complexity index is 568. The first kappa shape index (κ1) is 16.8. The van der Waals surface area contributed by atoms with E-state index in [4.69, 9.17) is 5.11 Å². The third-order valence-corrected chi connectivity index (χ3v) is 2.96. The SMILES string of the molecule is Cc1nc(C)c(=O)n(CCCCCO)c1NC(=O)NC=O. The van der Waals surface area contributed by atoms with Crippen LogP contribution in [-0.2, 0) is 11.3 Å². The average Bonchev–Trinajstić information content (AvgIpc) is 2.43. The normalized spacial score (nSPS) is 10.2. The van der Waals surface area contributed by atoms with Gasteiger partial charge in [0.15, 0.2) is 0 Å². The molecule has 0 aliphatic rings. The highest BCUT2D eigenvalue weighted by atomic mass is 16.3. The number of aliphatic hydroxyl groups is 1. The highest BCUT2D eigenvalue weighted by molar-refractivity contribution is 5.95. The number of nitrogens with one attached hydrogen (secondary N) is 2. The lowest BCUT2D eigenvalue weighted by Gasteiger charge is -2.16. The highest BCUT2D eigenvalue weighted by Gasteiger charge is 2.14. The van der Waals surface area contributed by atoms with E-state index in [1.807, 2.05) is 5.32 Å². The monoisotopic (exact) mass is 296 g/mol. The van der Waals surface area contributed by atoms with E-state index < -0.39 is 6.03 Å². The maximum absolute atomic E-state index is 12.2. The van der Waals surface area contributed by atoms with Crippen molar-refractivity contribution in [3.8, 4) is 0 Å². The van der Waals surface area contributed by atoms with Crippen LogP contribution < -0.4 is 16.2 Å². The Balaban J connectivity index is 3.03. The van der Waals surface area contributed by atoms with Gasteiger partial charge in [-0.05, 0) is 33.1 Å². The maximum atomic E-state index is 12.2. The number of rotatable bonds is 7. The van der Waals surface area contributed by atoms with Crippen LogP contribution in [0.15, 0.2) is 4.79 Å². The molecule has 116 valence electrons. The fourth-order valence-corrected chi connectivity index (χ4v) is 1.97. The van der Waals surface area contributed by atoms with Crippen LogP contribution in [-0.4, -0.2) is 33.7 Å². The average molecular weight is 296 g/mol. The molecular formula is C13H20N4O4. The van der Waals surface area contributed by atoms with Gasteiger partial charge in [0, 0.05) is 13.2 Å². The Labute approximate surface area is 122 Å². The van der Waals surface area contributed by atoms with Gasteiger partial charge in [0.2, 0.25) is 6.41 Å². The number of carbonyl (C=O) groups is 2. The number of nitrogens with zero attached hydrogens (tertiary/aromatic N) is 2. The number of aromatic nitrogens is 2. The minimum Gasteiger partial charge on any atom is -0.396 e. The van der Waals surface area contributed by atoms with E-state index in [1.54, 1.807) is 13.8 Å². The maximum Gasteiger partial charge on any atom is 0.326 e. The summed E-state index contributed by atoms with van der Waals surface area (Å²) in [5.41, 5.74) is 0.553. The number of unbranched alkanes of at least 4 members (excludes halogenated alkanes) is 2. The van der Waals surface area contributed by atoms with Crippen molar-refractivity contribution in [2.75, 3.05) is 11.9 Å². The summed E-state index contributed by atoms with van der Waals surface area (Å²) in [6, 6.07) is -0.720. The number of aryl methyl sites for hydroxylation is 2. The van der Waals surface area contributed by atoms with E-state index in [2.05, 4.69) is 10.3 Å². The minimum atomic E-state index is -0.720. The van der Waals surface area contributed by atoms with Crippen molar-refractivity contribution in [1.82, 2.24) is 14.9 Å². The predicted molar refractivity (Wildman–Crippen MR) is 77.1 cm³/mol. The summed E-state index contributed by atoms with van der Waals surface area (Å²) < 4.78 is 1.43. The molecule has 0 saturated carbocycles. The molecule has 3 amide bonds. The van der Waals surface area contributed by atoms with Gasteiger partial charge in [-0.1, -0.05) is 0 Å². The van der Waals surface area contributed by atoms with E-state index >= 15 is 0 Å². The molecule has 0 fully saturated rings. The summed E-state index contributed by atoms with van der Waals surface area (Å²) in [6.07, 6.45) is 2.37. The van der Waals surface area contributed by atoms with Crippen LogP contribution in [0.25, 0.3) is 0 Å². The van der Waals surface area contributed by atoms with Gasteiger partial charge in [0.05, 0.1) is 5.69 Å². The number of aliphatic hydroxyl groups excluding tert-OH is 1. The second-order valence-electron chi connectivity index (χ2n) is 4.59. The van der Waals surface area contributed by atoms with Gasteiger partial charge >= 0.3 is 6.03 Å². The van der Waals surface area contributed by atoms with E-state index in [0.717, 1.165) is 6.42 Å². The first-order chi connectivity index (χ1) is 10.0. The van der Waals surface area contributed by atoms with E-state index in [0.29, 0.717) is 30.8 Å². The third-order valence-electron chi connectivity index (χ3n) is 2.96. The zero-order valence-electron chi connectivity index (χ0n) is 12.2. The van der Waals surface area contributed by atoms with E-state index in [1.165, 1.54) is 4.57 Å². The fourth-order valence-electron chi connectivity index (χ4n) is 1.97. The van der Waals surface area contributed by atoms with Crippen LogP contribution in [0.5, 0.6) is 0 Å². The number of imide groups is 1. The van der Waals surface area contributed by atoms with Crippen molar-refractivity contribution in [3.05, 3.63) is 21.7 Å². The molecule has 1 rings (SSSR count). The summed E-state index contributed by atoms with van der Waals surface area (Å²) in [7, 11) is 0. The molecule has 0 aliphatic heterocycles. The van der Waals surface area contributed by atoms with Crippen molar-refractivity contribution >= 4 is 18.3 Å². The molecule has 0 aliphatic carbocycles. The molecule has 0 bridgehead atoms. The lowest BCUT2D eigenvalue weighted by Crippen LogP contribution is -2.33. The first-order valence-corrected chi connectivity index (χ1v) is 6.71. The minimum absolute atomic E-state index is 0.107. The number of urea groups is 1. The standard InChI is InChI=1S/C13H20N4O4/c1-9-11(16-13(21)14-8-19)17(6-4-3-5-7-18)12(20)10(2)15-9/h8,18H,3-7H2,1-2H3,(H2,14,16,19,21). The molecule has 1 aromatic rings. The summed E-state index contributed by atoms with van der Waals surface area (Å²) in [5, 5.41) is 13.2. The lowest BCUT2D eigenvalue weighted by atomic mass is 10.2. The van der Waals surface area contributed by atoms with Crippen molar-refractivity contribution in [3.63, 3.8) is 0 Å². The Morgan fingerprint density at radius 2 is 2.00 bits per heavy atom. The molecule has 0 saturated heterocycles. The van der Waals surface area contributed by atoms with Gasteiger partial charge in [-0.2, -0.15) is 0 Å². The number of hydrogen-bond acceptors (Lipinski definition) is 5. The Morgan fingerprint density at radius 3 is 2.62 bits per heavy atom. The summed E-state index contributed by atoms with van der Waals surface area (Å²) in [4.78, 5) is 38.0. The van der Waals surface area contributed by atoms with Crippen molar-refractivity contribution < 1.29 is 14.7 Å². The topological polar surface area (TPSA) is 113 Å². The molecule has 0 unspecified atom stereocenters. The molecule has 3 N–H and O–H groups in total. The molecule has 0 aromatic carbocycles. The van der Waals surface area contributed by atoms with Gasteiger partial charge in [0.1, 0.15) is 11.5 Å². The molecule has 0 radical (unpaired) electrons. The molecular weight excluding hydrogens is 276 g/mol. The summed E-state index contributed by atoms with van der Waals surface area (Å²) >= 11 is 0. The first-order valence-electron chi connectivity index (χ1n) is 6.71. The quantitative estimate of drug-likeness (QED) is 0.495. The number of amides is 3. The number of anilines is 1. The zero-order chi connectivity index (χ0) is 15.8. The highest BCUT2D eigenvalue weighted by Crippen LogP contribution is 2.12. The molecule has 8 heteroatoms. The lowest BCUT2D eigenvalue weighted by molar-refractivity contribution is -0.108. The smallest absolute Gasteiger partial charge is 0.326 e. The van der Waals surface area contributed by atoms with E-state index in [9.17, 15) is 14.4 Å². The molecule has 1 aromatic heterocycles. The fraction of sp³-hybridized carbons (Fsp3) is 0.538. The summed E-state index contributed by atoms with van der Waals surface area (Å²) in [6.45, 7) is 3.79.